The number of likely N-dealkylation sites (tertiary alicyclic amines) is 1. The van der Waals surface area contributed by atoms with Gasteiger partial charge >= 0.3 is 6.09 Å². The standard InChI is InChI=1S/C27H39FN4O7/c1-16(2)38-24-15-23(39-27(37)29(3)4)19(28)14-20(24)31-10-8-30(9-11-31)6-5-7-32-25(35)17-12-21(33)22(34)13-18(17)26(32)36/h14-18,21-22,33-34H,5-13H2,1-4H3. The molecule has 4 rings (SSSR count). The van der Waals surface area contributed by atoms with Crippen molar-refractivity contribution in [1.82, 2.24) is 14.7 Å². The molecule has 1 aromatic carbocycles. The zero-order valence-corrected chi connectivity index (χ0v) is 23.0. The third-order valence-corrected chi connectivity index (χ3v) is 7.59. The lowest BCUT2D eigenvalue weighted by Gasteiger charge is -2.37. The van der Waals surface area contributed by atoms with Crippen molar-refractivity contribution in [3.63, 3.8) is 0 Å². The Morgan fingerprint density at radius 2 is 1.59 bits per heavy atom. The van der Waals surface area contributed by atoms with Crippen LogP contribution in [0, 0.1) is 17.7 Å². The Morgan fingerprint density at radius 3 is 2.13 bits per heavy atom. The second-order valence-corrected chi connectivity index (χ2v) is 11.0. The van der Waals surface area contributed by atoms with E-state index >= 15 is 0 Å². The Hall–Kier alpha value is -2.96. The maximum atomic E-state index is 14.9. The molecular formula is C27H39FN4O7. The van der Waals surface area contributed by atoms with Gasteiger partial charge in [0.2, 0.25) is 11.8 Å². The molecular weight excluding hydrogens is 511 g/mol. The average molecular weight is 551 g/mol. The van der Waals surface area contributed by atoms with Crippen molar-refractivity contribution in [1.29, 1.82) is 0 Å². The summed E-state index contributed by atoms with van der Waals surface area (Å²) in [6.07, 6.45) is -1.93. The molecule has 2 heterocycles. The van der Waals surface area contributed by atoms with Gasteiger partial charge in [-0.2, -0.15) is 0 Å². The van der Waals surface area contributed by atoms with Gasteiger partial charge < -0.3 is 29.5 Å². The van der Waals surface area contributed by atoms with Gasteiger partial charge in [0, 0.05) is 59.0 Å². The lowest BCUT2D eigenvalue weighted by atomic mass is 9.78. The molecule has 216 valence electrons. The lowest BCUT2D eigenvalue weighted by Crippen LogP contribution is -2.47. The van der Waals surface area contributed by atoms with Gasteiger partial charge in [-0.15, -0.1) is 0 Å². The quantitative estimate of drug-likeness (QED) is 0.461. The number of piperazine rings is 1. The maximum Gasteiger partial charge on any atom is 0.414 e. The molecule has 1 saturated carbocycles. The molecule has 3 aliphatic rings. The Morgan fingerprint density at radius 1 is 1.00 bits per heavy atom. The van der Waals surface area contributed by atoms with E-state index in [9.17, 15) is 29.0 Å². The van der Waals surface area contributed by atoms with Gasteiger partial charge in [-0.1, -0.05) is 0 Å². The van der Waals surface area contributed by atoms with E-state index in [1.165, 1.54) is 36.0 Å². The first kappa shape index (κ1) is 29.0. The van der Waals surface area contributed by atoms with Crippen LogP contribution in [0.25, 0.3) is 0 Å². The SMILES string of the molecule is CC(C)Oc1cc(OC(=O)N(C)C)c(F)cc1N1CCN(CCCN2C(=O)C3CC(O)C(O)CC3C2=O)CC1. The largest absolute Gasteiger partial charge is 0.489 e. The first-order valence-electron chi connectivity index (χ1n) is 13.5. The van der Waals surface area contributed by atoms with Crippen LogP contribution in [-0.2, 0) is 9.59 Å². The van der Waals surface area contributed by atoms with E-state index in [0.717, 1.165) is 0 Å². The van der Waals surface area contributed by atoms with Gasteiger partial charge in [0.05, 0.1) is 35.8 Å². The molecule has 2 N–H and O–H groups in total. The summed E-state index contributed by atoms with van der Waals surface area (Å²) in [5.74, 6) is -2.00. The van der Waals surface area contributed by atoms with Crippen LogP contribution in [-0.4, -0.2) is 114 Å². The highest BCUT2D eigenvalue weighted by atomic mass is 19.1. The van der Waals surface area contributed by atoms with E-state index in [1.807, 2.05) is 18.7 Å². The maximum absolute atomic E-state index is 14.9. The molecule has 0 aromatic heterocycles. The fourth-order valence-electron chi connectivity index (χ4n) is 5.49. The topological polar surface area (TPSA) is 123 Å². The average Bonchev–Trinajstić information content (AvgIpc) is 3.10. The molecule has 11 nitrogen and oxygen atoms in total. The fourth-order valence-corrected chi connectivity index (χ4v) is 5.49. The molecule has 4 unspecified atom stereocenters. The second-order valence-electron chi connectivity index (χ2n) is 11.0. The first-order chi connectivity index (χ1) is 18.5. The zero-order valence-electron chi connectivity index (χ0n) is 23.0. The third kappa shape index (κ3) is 6.44. The van der Waals surface area contributed by atoms with Crippen molar-refractivity contribution in [2.75, 3.05) is 58.3 Å². The number of ether oxygens (including phenoxy) is 2. The van der Waals surface area contributed by atoms with Crippen molar-refractivity contribution in [2.24, 2.45) is 11.8 Å². The fraction of sp³-hybridized carbons (Fsp3) is 0.667. The summed E-state index contributed by atoms with van der Waals surface area (Å²) in [6, 6.07) is 2.75. The molecule has 3 amide bonds. The Kier molecular flexibility index (Phi) is 8.97. The van der Waals surface area contributed by atoms with E-state index in [0.29, 0.717) is 57.1 Å². The number of amides is 3. The van der Waals surface area contributed by atoms with Crippen LogP contribution in [0.4, 0.5) is 14.9 Å². The zero-order chi connectivity index (χ0) is 28.4. The molecule has 3 fully saturated rings. The number of rotatable bonds is 8. The molecule has 0 radical (unpaired) electrons. The van der Waals surface area contributed by atoms with Crippen LogP contribution in [0.5, 0.6) is 11.5 Å². The Balaban J connectivity index is 1.32. The number of hydrogen-bond donors (Lipinski definition) is 2. The summed E-state index contributed by atoms with van der Waals surface area (Å²) in [7, 11) is 3.03. The van der Waals surface area contributed by atoms with Crippen LogP contribution in [0.3, 0.4) is 0 Å². The van der Waals surface area contributed by atoms with Crippen molar-refractivity contribution in [3.05, 3.63) is 17.9 Å². The molecule has 39 heavy (non-hydrogen) atoms. The second kappa shape index (κ2) is 12.1. The van der Waals surface area contributed by atoms with E-state index in [4.69, 9.17) is 9.47 Å². The van der Waals surface area contributed by atoms with E-state index in [-0.39, 0.29) is 36.5 Å². The number of carbonyl (C=O) groups is 3. The summed E-state index contributed by atoms with van der Waals surface area (Å²) in [5.41, 5.74) is 0.589. The van der Waals surface area contributed by atoms with Gasteiger partial charge in [0.15, 0.2) is 11.6 Å². The van der Waals surface area contributed by atoms with Crippen LogP contribution in [0.2, 0.25) is 0 Å². The number of fused-ring (bicyclic) bond motifs is 1. The van der Waals surface area contributed by atoms with E-state index < -0.39 is 36.0 Å². The van der Waals surface area contributed by atoms with Gasteiger partial charge in [-0.3, -0.25) is 19.4 Å². The van der Waals surface area contributed by atoms with Gasteiger partial charge in [0.25, 0.3) is 0 Å². The van der Waals surface area contributed by atoms with Crippen molar-refractivity contribution < 1.29 is 38.5 Å². The van der Waals surface area contributed by atoms with E-state index in [1.54, 1.807) is 0 Å². The number of benzene rings is 1. The first-order valence-corrected chi connectivity index (χ1v) is 13.5. The number of aliphatic hydroxyl groups is 2. The third-order valence-electron chi connectivity index (χ3n) is 7.59. The normalized spacial score (nSPS) is 25.7. The number of hydrogen-bond acceptors (Lipinski definition) is 9. The molecule has 12 heteroatoms. The van der Waals surface area contributed by atoms with Gasteiger partial charge in [-0.25, -0.2) is 9.18 Å². The molecule has 0 spiro atoms. The summed E-state index contributed by atoms with van der Waals surface area (Å²) in [4.78, 5) is 44.2. The molecule has 0 bridgehead atoms. The summed E-state index contributed by atoms with van der Waals surface area (Å²) in [6.45, 7) is 7.36. The van der Waals surface area contributed by atoms with Crippen LogP contribution in [0.1, 0.15) is 33.1 Å². The Labute approximate surface area is 228 Å². The smallest absolute Gasteiger partial charge is 0.414 e. The van der Waals surface area contributed by atoms with Gasteiger partial charge in [-0.05, 0) is 39.7 Å². The minimum Gasteiger partial charge on any atom is -0.489 e. The number of imide groups is 1. The monoisotopic (exact) mass is 550 g/mol. The number of aliphatic hydroxyl groups excluding tert-OH is 2. The summed E-state index contributed by atoms with van der Waals surface area (Å²) >= 11 is 0. The summed E-state index contributed by atoms with van der Waals surface area (Å²) in [5, 5.41) is 19.8. The highest BCUT2D eigenvalue weighted by Crippen LogP contribution is 2.39. The highest BCUT2D eigenvalue weighted by Gasteiger charge is 2.51. The van der Waals surface area contributed by atoms with Crippen LogP contribution < -0.4 is 14.4 Å². The Bertz CT molecular complexity index is 1050. The van der Waals surface area contributed by atoms with Crippen molar-refractivity contribution in [3.8, 4) is 11.5 Å². The number of carbonyl (C=O) groups excluding carboxylic acids is 3. The van der Waals surface area contributed by atoms with Crippen LogP contribution >= 0.6 is 0 Å². The highest BCUT2D eigenvalue weighted by molar-refractivity contribution is 6.05. The number of halogens is 1. The molecule has 4 atom stereocenters. The van der Waals surface area contributed by atoms with E-state index in [2.05, 4.69) is 4.90 Å². The van der Waals surface area contributed by atoms with Crippen molar-refractivity contribution in [2.45, 2.75) is 51.4 Å². The predicted octanol–water partition coefficient (Wildman–Crippen LogP) is 1.30. The molecule has 2 saturated heterocycles. The number of anilines is 1. The summed E-state index contributed by atoms with van der Waals surface area (Å²) < 4.78 is 26.0. The lowest BCUT2D eigenvalue weighted by molar-refractivity contribution is -0.140. The minimum absolute atomic E-state index is 0.122. The minimum atomic E-state index is -0.969. The molecule has 2 aliphatic heterocycles. The molecule has 1 aliphatic carbocycles. The predicted molar refractivity (Wildman–Crippen MR) is 140 cm³/mol. The number of nitrogens with zero attached hydrogens (tertiary/aromatic N) is 4. The van der Waals surface area contributed by atoms with Gasteiger partial charge in [0.1, 0.15) is 5.75 Å². The molecule has 1 aromatic rings. The van der Waals surface area contributed by atoms with Crippen molar-refractivity contribution >= 4 is 23.6 Å². The van der Waals surface area contributed by atoms with Crippen LogP contribution in [0.15, 0.2) is 12.1 Å².